The summed E-state index contributed by atoms with van der Waals surface area (Å²) in [7, 11) is 0. The van der Waals surface area contributed by atoms with Crippen LogP contribution in [0.3, 0.4) is 0 Å². The molecule has 0 aliphatic heterocycles. The summed E-state index contributed by atoms with van der Waals surface area (Å²) in [4.78, 5) is 4.59. The van der Waals surface area contributed by atoms with Crippen LogP contribution in [0.1, 0.15) is 6.92 Å². The molecular weight excluding hydrogens is 277 g/mol. The van der Waals surface area contributed by atoms with Gasteiger partial charge in [-0.05, 0) is 43.3 Å². The zero-order valence-corrected chi connectivity index (χ0v) is 11.7. The van der Waals surface area contributed by atoms with Gasteiger partial charge in [0.1, 0.15) is 11.6 Å². The predicted molar refractivity (Wildman–Crippen MR) is 80.2 cm³/mol. The fourth-order valence-corrected chi connectivity index (χ4v) is 2.49. The van der Waals surface area contributed by atoms with E-state index in [1.807, 2.05) is 23.6 Å². The first kappa shape index (κ1) is 12.9. The lowest BCUT2D eigenvalue weighted by molar-refractivity contribution is 0.632. The molecular formula is C15H13ClFN3. The van der Waals surface area contributed by atoms with Crippen molar-refractivity contribution < 1.29 is 4.39 Å². The first-order valence-electron chi connectivity index (χ1n) is 6.31. The van der Waals surface area contributed by atoms with Crippen molar-refractivity contribution in [3.05, 3.63) is 47.2 Å². The van der Waals surface area contributed by atoms with Crippen molar-refractivity contribution in [3.63, 3.8) is 0 Å². The monoisotopic (exact) mass is 289 g/mol. The zero-order chi connectivity index (χ0) is 14.3. The van der Waals surface area contributed by atoms with E-state index in [-0.39, 0.29) is 5.69 Å². The average Bonchev–Trinajstić information content (AvgIpc) is 2.79. The topological polar surface area (TPSA) is 43.8 Å². The molecule has 1 aromatic heterocycles. The molecule has 0 saturated heterocycles. The van der Waals surface area contributed by atoms with Crippen LogP contribution in [0.2, 0.25) is 5.02 Å². The van der Waals surface area contributed by atoms with Crippen LogP contribution in [-0.2, 0) is 6.54 Å². The molecule has 0 radical (unpaired) electrons. The van der Waals surface area contributed by atoms with E-state index < -0.39 is 5.82 Å². The van der Waals surface area contributed by atoms with Gasteiger partial charge in [0, 0.05) is 17.1 Å². The summed E-state index contributed by atoms with van der Waals surface area (Å²) in [6.07, 6.45) is 0. The number of aromatic nitrogens is 2. The summed E-state index contributed by atoms with van der Waals surface area (Å²) < 4.78 is 15.3. The Balaban J connectivity index is 2.27. The second kappa shape index (κ2) is 4.80. The van der Waals surface area contributed by atoms with Gasteiger partial charge >= 0.3 is 0 Å². The van der Waals surface area contributed by atoms with Gasteiger partial charge < -0.3 is 10.3 Å². The molecule has 102 valence electrons. The molecule has 20 heavy (non-hydrogen) atoms. The third-order valence-electron chi connectivity index (χ3n) is 3.28. The molecule has 0 unspecified atom stereocenters. The van der Waals surface area contributed by atoms with Crippen LogP contribution >= 0.6 is 11.6 Å². The first-order chi connectivity index (χ1) is 9.60. The Morgan fingerprint density at radius 2 is 2.05 bits per heavy atom. The van der Waals surface area contributed by atoms with E-state index in [1.54, 1.807) is 18.2 Å². The van der Waals surface area contributed by atoms with Gasteiger partial charge in [0.2, 0.25) is 0 Å². The van der Waals surface area contributed by atoms with Gasteiger partial charge in [0.25, 0.3) is 0 Å². The van der Waals surface area contributed by atoms with E-state index in [2.05, 4.69) is 4.98 Å². The molecule has 2 N–H and O–H groups in total. The van der Waals surface area contributed by atoms with Gasteiger partial charge in [-0.25, -0.2) is 9.37 Å². The molecule has 3 aromatic rings. The Morgan fingerprint density at radius 3 is 2.75 bits per heavy atom. The lowest BCUT2D eigenvalue weighted by atomic mass is 10.2. The van der Waals surface area contributed by atoms with Crippen LogP contribution in [0.5, 0.6) is 0 Å². The summed E-state index contributed by atoms with van der Waals surface area (Å²) in [6.45, 7) is 2.77. The van der Waals surface area contributed by atoms with Gasteiger partial charge in [-0.15, -0.1) is 0 Å². The van der Waals surface area contributed by atoms with Crippen molar-refractivity contribution in [2.24, 2.45) is 0 Å². The van der Waals surface area contributed by atoms with E-state index >= 15 is 0 Å². The summed E-state index contributed by atoms with van der Waals surface area (Å²) >= 11 is 6.04. The molecule has 0 aliphatic carbocycles. The summed E-state index contributed by atoms with van der Waals surface area (Å²) in [6, 6.07) is 10.2. The minimum atomic E-state index is -0.420. The van der Waals surface area contributed by atoms with E-state index in [0.717, 1.165) is 29.0 Å². The first-order valence-corrected chi connectivity index (χ1v) is 6.69. The number of aryl methyl sites for hydroxylation is 1. The van der Waals surface area contributed by atoms with E-state index in [1.165, 1.54) is 6.07 Å². The van der Waals surface area contributed by atoms with Gasteiger partial charge in [-0.1, -0.05) is 11.6 Å². The normalized spacial score (nSPS) is 11.2. The molecule has 5 heteroatoms. The summed E-state index contributed by atoms with van der Waals surface area (Å²) in [5, 5.41) is 0.664. The Kier molecular flexibility index (Phi) is 3.10. The number of hydrogen-bond acceptors (Lipinski definition) is 2. The smallest absolute Gasteiger partial charge is 0.146 e. The van der Waals surface area contributed by atoms with E-state index in [9.17, 15) is 4.39 Å². The number of rotatable bonds is 2. The maximum absolute atomic E-state index is 13.3. The maximum Gasteiger partial charge on any atom is 0.146 e. The van der Waals surface area contributed by atoms with Crippen molar-refractivity contribution in [1.82, 2.24) is 9.55 Å². The quantitative estimate of drug-likeness (QED) is 0.722. The minimum Gasteiger partial charge on any atom is -0.396 e. The molecule has 0 amide bonds. The second-order valence-corrected chi connectivity index (χ2v) is 4.99. The van der Waals surface area contributed by atoms with Gasteiger partial charge in [0.05, 0.1) is 16.7 Å². The molecule has 0 fully saturated rings. The number of halogens is 2. The van der Waals surface area contributed by atoms with E-state index in [4.69, 9.17) is 17.3 Å². The number of nitrogens with two attached hydrogens (primary N) is 1. The van der Waals surface area contributed by atoms with Crippen LogP contribution in [-0.4, -0.2) is 9.55 Å². The van der Waals surface area contributed by atoms with E-state index in [0.29, 0.717) is 5.02 Å². The van der Waals surface area contributed by atoms with Crippen LogP contribution < -0.4 is 5.73 Å². The zero-order valence-electron chi connectivity index (χ0n) is 10.9. The van der Waals surface area contributed by atoms with Gasteiger partial charge in [-0.3, -0.25) is 0 Å². The van der Waals surface area contributed by atoms with Crippen molar-refractivity contribution in [2.45, 2.75) is 13.5 Å². The Hall–Kier alpha value is -2.07. The molecule has 0 bridgehead atoms. The van der Waals surface area contributed by atoms with Crippen LogP contribution in [0.4, 0.5) is 10.1 Å². The molecule has 0 saturated carbocycles. The molecule has 3 rings (SSSR count). The number of anilines is 1. The number of benzene rings is 2. The summed E-state index contributed by atoms with van der Waals surface area (Å²) in [5.74, 6) is 0.340. The molecule has 3 nitrogen and oxygen atoms in total. The lowest BCUT2D eigenvalue weighted by Crippen LogP contribution is -1.99. The highest BCUT2D eigenvalue weighted by atomic mass is 35.5. The largest absolute Gasteiger partial charge is 0.396 e. The lowest BCUT2D eigenvalue weighted by Gasteiger charge is -2.07. The highest BCUT2D eigenvalue weighted by Crippen LogP contribution is 2.28. The van der Waals surface area contributed by atoms with Crippen molar-refractivity contribution in [2.75, 3.05) is 5.73 Å². The Labute approximate surface area is 120 Å². The highest BCUT2D eigenvalue weighted by molar-refractivity contribution is 6.31. The number of imidazole rings is 1. The Bertz CT molecular complexity index is 795. The van der Waals surface area contributed by atoms with Crippen molar-refractivity contribution >= 4 is 28.3 Å². The maximum atomic E-state index is 13.3. The standard InChI is InChI=1S/C15H13ClFN3/c1-2-20-14-8-10(16)4-6-13(14)19-15(20)9-3-5-11(17)12(18)7-9/h3-8H,2,18H2,1H3. The Morgan fingerprint density at radius 1 is 1.25 bits per heavy atom. The number of hydrogen-bond donors (Lipinski definition) is 1. The predicted octanol–water partition coefficient (Wildman–Crippen LogP) is 4.10. The number of nitrogen functional groups attached to an aromatic ring is 1. The molecule has 1 heterocycles. The second-order valence-electron chi connectivity index (χ2n) is 4.55. The van der Waals surface area contributed by atoms with Gasteiger partial charge in [0.15, 0.2) is 0 Å². The summed E-state index contributed by atoms with van der Waals surface area (Å²) in [5.41, 5.74) is 8.36. The highest BCUT2D eigenvalue weighted by Gasteiger charge is 2.13. The van der Waals surface area contributed by atoms with Crippen LogP contribution in [0.25, 0.3) is 22.4 Å². The van der Waals surface area contributed by atoms with Crippen LogP contribution in [0.15, 0.2) is 36.4 Å². The molecule has 0 spiro atoms. The van der Waals surface area contributed by atoms with Crippen LogP contribution in [0, 0.1) is 5.82 Å². The fourth-order valence-electron chi connectivity index (χ4n) is 2.32. The minimum absolute atomic E-state index is 0.121. The SMILES string of the molecule is CCn1c(-c2ccc(F)c(N)c2)nc2ccc(Cl)cc21. The molecule has 0 aliphatic rings. The molecule has 0 atom stereocenters. The molecule has 2 aromatic carbocycles. The fraction of sp³-hybridized carbons (Fsp3) is 0.133. The van der Waals surface area contributed by atoms with Crippen molar-refractivity contribution in [1.29, 1.82) is 0 Å². The van der Waals surface area contributed by atoms with Gasteiger partial charge in [-0.2, -0.15) is 0 Å². The number of nitrogens with zero attached hydrogens (tertiary/aromatic N) is 2. The third-order valence-corrected chi connectivity index (χ3v) is 3.52. The number of fused-ring (bicyclic) bond motifs is 1. The van der Waals surface area contributed by atoms with Crippen molar-refractivity contribution in [3.8, 4) is 11.4 Å². The average molecular weight is 290 g/mol. The third kappa shape index (κ3) is 2.02.